The zero-order valence-corrected chi connectivity index (χ0v) is 9.53. The predicted molar refractivity (Wildman–Crippen MR) is 57.6 cm³/mol. The second kappa shape index (κ2) is 4.49. The van der Waals surface area contributed by atoms with Gasteiger partial charge in [0.15, 0.2) is 0 Å². The van der Waals surface area contributed by atoms with Crippen LogP contribution in [0.2, 0.25) is 0 Å². The number of likely N-dealkylation sites (tertiary alicyclic amines) is 1. The molecule has 2 aliphatic rings. The summed E-state index contributed by atoms with van der Waals surface area (Å²) >= 11 is 0. The third-order valence-electron chi connectivity index (χ3n) is 3.35. The minimum Gasteiger partial charge on any atom is -0.468 e. The van der Waals surface area contributed by atoms with Crippen LogP contribution in [0.3, 0.4) is 0 Å². The summed E-state index contributed by atoms with van der Waals surface area (Å²) in [6, 6.07) is 0.465. The second-order valence-corrected chi connectivity index (χ2v) is 4.75. The molecule has 86 valence electrons. The lowest BCUT2D eigenvalue weighted by Crippen LogP contribution is -2.45. The Labute approximate surface area is 91.0 Å². The fraction of sp³-hybridized carbons (Fsp3) is 0.909. The van der Waals surface area contributed by atoms with Gasteiger partial charge in [0, 0.05) is 12.6 Å². The third-order valence-corrected chi connectivity index (χ3v) is 3.35. The van der Waals surface area contributed by atoms with E-state index >= 15 is 0 Å². The fourth-order valence-corrected chi connectivity index (χ4v) is 2.27. The van der Waals surface area contributed by atoms with E-state index in [0.29, 0.717) is 12.0 Å². The number of rotatable bonds is 4. The molecule has 2 rings (SSSR count). The number of ether oxygens (including phenoxy) is 1. The standard InChI is InChI=1S/C11H20N2O2/c1-13-6-5-8(7-13)10(11(14)15-2)12-9-3-4-9/h8-10,12H,3-7H2,1-2H3. The van der Waals surface area contributed by atoms with E-state index in [-0.39, 0.29) is 12.0 Å². The van der Waals surface area contributed by atoms with Crippen molar-refractivity contribution in [2.45, 2.75) is 31.3 Å². The fourth-order valence-electron chi connectivity index (χ4n) is 2.27. The SMILES string of the molecule is COC(=O)C(NC1CC1)C1CCN(C)C1. The number of carbonyl (C=O) groups is 1. The summed E-state index contributed by atoms with van der Waals surface area (Å²) in [4.78, 5) is 13.9. The van der Waals surface area contributed by atoms with Crippen molar-refractivity contribution in [3.8, 4) is 0 Å². The molecule has 1 heterocycles. The monoisotopic (exact) mass is 212 g/mol. The molecule has 1 saturated heterocycles. The molecule has 0 radical (unpaired) electrons. The normalized spacial score (nSPS) is 29.1. The number of methoxy groups -OCH3 is 1. The quantitative estimate of drug-likeness (QED) is 0.677. The first kappa shape index (κ1) is 10.9. The minimum absolute atomic E-state index is 0.0903. The van der Waals surface area contributed by atoms with E-state index in [1.54, 1.807) is 0 Å². The molecule has 0 aromatic rings. The van der Waals surface area contributed by atoms with Crippen molar-refractivity contribution in [3.63, 3.8) is 0 Å². The summed E-state index contributed by atoms with van der Waals surface area (Å²) in [5.74, 6) is 0.324. The molecular formula is C11H20N2O2. The molecule has 0 spiro atoms. The van der Waals surface area contributed by atoms with Gasteiger partial charge in [-0.15, -0.1) is 0 Å². The molecule has 0 aromatic carbocycles. The molecule has 1 saturated carbocycles. The molecule has 4 nitrogen and oxygen atoms in total. The molecule has 2 atom stereocenters. The first-order valence-corrected chi connectivity index (χ1v) is 5.73. The van der Waals surface area contributed by atoms with Gasteiger partial charge in [-0.05, 0) is 38.8 Å². The van der Waals surface area contributed by atoms with Crippen molar-refractivity contribution in [2.24, 2.45) is 5.92 Å². The number of hydrogen-bond acceptors (Lipinski definition) is 4. The number of nitrogens with zero attached hydrogens (tertiary/aromatic N) is 1. The summed E-state index contributed by atoms with van der Waals surface area (Å²) in [6.45, 7) is 2.09. The summed E-state index contributed by atoms with van der Waals surface area (Å²) in [6.07, 6.45) is 3.50. The van der Waals surface area contributed by atoms with Gasteiger partial charge >= 0.3 is 5.97 Å². The maximum absolute atomic E-state index is 11.7. The van der Waals surface area contributed by atoms with Crippen molar-refractivity contribution < 1.29 is 9.53 Å². The van der Waals surface area contributed by atoms with Crippen molar-refractivity contribution in [1.82, 2.24) is 10.2 Å². The van der Waals surface area contributed by atoms with Crippen LogP contribution in [0.15, 0.2) is 0 Å². The van der Waals surface area contributed by atoms with Gasteiger partial charge in [0.2, 0.25) is 0 Å². The zero-order chi connectivity index (χ0) is 10.8. The number of nitrogens with one attached hydrogen (secondary N) is 1. The van der Waals surface area contributed by atoms with Crippen LogP contribution in [-0.4, -0.2) is 50.2 Å². The molecule has 1 aliphatic heterocycles. The van der Waals surface area contributed by atoms with Crippen LogP contribution >= 0.6 is 0 Å². The highest BCUT2D eigenvalue weighted by atomic mass is 16.5. The minimum atomic E-state index is -0.0952. The topological polar surface area (TPSA) is 41.6 Å². The van der Waals surface area contributed by atoms with E-state index < -0.39 is 0 Å². The van der Waals surface area contributed by atoms with E-state index in [2.05, 4.69) is 17.3 Å². The molecule has 0 aromatic heterocycles. The lowest BCUT2D eigenvalue weighted by molar-refractivity contribution is -0.144. The Morgan fingerprint density at radius 1 is 1.47 bits per heavy atom. The van der Waals surface area contributed by atoms with Gasteiger partial charge in [-0.1, -0.05) is 0 Å². The van der Waals surface area contributed by atoms with Crippen LogP contribution < -0.4 is 5.32 Å². The molecule has 1 aliphatic carbocycles. The smallest absolute Gasteiger partial charge is 0.323 e. The second-order valence-electron chi connectivity index (χ2n) is 4.75. The molecule has 0 amide bonds. The van der Waals surface area contributed by atoms with Gasteiger partial charge in [0.25, 0.3) is 0 Å². The first-order valence-electron chi connectivity index (χ1n) is 5.73. The lowest BCUT2D eigenvalue weighted by atomic mass is 9.99. The zero-order valence-electron chi connectivity index (χ0n) is 9.53. The van der Waals surface area contributed by atoms with E-state index in [0.717, 1.165) is 19.5 Å². The van der Waals surface area contributed by atoms with Gasteiger partial charge in [0.1, 0.15) is 6.04 Å². The van der Waals surface area contributed by atoms with Crippen molar-refractivity contribution in [3.05, 3.63) is 0 Å². The largest absolute Gasteiger partial charge is 0.468 e. The average Bonchev–Trinajstić information content (AvgIpc) is 2.96. The summed E-state index contributed by atoms with van der Waals surface area (Å²) in [5.41, 5.74) is 0. The van der Waals surface area contributed by atoms with E-state index in [1.165, 1.54) is 20.0 Å². The maximum atomic E-state index is 11.7. The Morgan fingerprint density at radius 3 is 2.67 bits per heavy atom. The van der Waals surface area contributed by atoms with Crippen LogP contribution in [0.5, 0.6) is 0 Å². The number of carbonyl (C=O) groups excluding carboxylic acids is 1. The summed E-state index contributed by atoms with van der Waals surface area (Å²) in [5, 5.41) is 3.40. The molecule has 0 bridgehead atoms. The van der Waals surface area contributed by atoms with E-state index in [9.17, 15) is 4.79 Å². The Balaban J connectivity index is 1.93. The van der Waals surface area contributed by atoms with Crippen LogP contribution in [0.4, 0.5) is 0 Å². The van der Waals surface area contributed by atoms with Gasteiger partial charge in [-0.2, -0.15) is 0 Å². The average molecular weight is 212 g/mol. The number of esters is 1. The Morgan fingerprint density at radius 2 is 2.20 bits per heavy atom. The van der Waals surface area contributed by atoms with E-state index in [4.69, 9.17) is 4.74 Å². The van der Waals surface area contributed by atoms with Crippen molar-refractivity contribution in [1.29, 1.82) is 0 Å². The van der Waals surface area contributed by atoms with Gasteiger partial charge < -0.3 is 15.0 Å². The molecule has 2 fully saturated rings. The molecule has 4 heteroatoms. The Kier molecular flexibility index (Phi) is 3.26. The van der Waals surface area contributed by atoms with Crippen molar-refractivity contribution >= 4 is 5.97 Å². The van der Waals surface area contributed by atoms with E-state index in [1.807, 2.05) is 0 Å². The van der Waals surface area contributed by atoms with Crippen LogP contribution in [-0.2, 0) is 9.53 Å². The van der Waals surface area contributed by atoms with Gasteiger partial charge in [-0.3, -0.25) is 4.79 Å². The van der Waals surface area contributed by atoms with Crippen LogP contribution in [0.25, 0.3) is 0 Å². The Bertz CT molecular complexity index is 241. The van der Waals surface area contributed by atoms with Gasteiger partial charge in [0.05, 0.1) is 7.11 Å². The highest BCUT2D eigenvalue weighted by Crippen LogP contribution is 2.25. The summed E-state index contributed by atoms with van der Waals surface area (Å²) in [7, 11) is 3.58. The molecule has 15 heavy (non-hydrogen) atoms. The van der Waals surface area contributed by atoms with Crippen LogP contribution in [0, 0.1) is 5.92 Å². The van der Waals surface area contributed by atoms with Gasteiger partial charge in [-0.25, -0.2) is 0 Å². The third kappa shape index (κ3) is 2.69. The molecular weight excluding hydrogens is 192 g/mol. The highest BCUT2D eigenvalue weighted by Gasteiger charge is 2.37. The first-order chi connectivity index (χ1) is 7.20. The lowest BCUT2D eigenvalue weighted by Gasteiger charge is -2.22. The molecule has 1 N–H and O–H groups in total. The van der Waals surface area contributed by atoms with Crippen molar-refractivity contribution in [2.75, 3.05) is 27.2 Å². The predicted octanol–water partition coefficient (Wildman–Crippen LogP) is 0.232. The summed E-state index contributed by atoms with van der Waals surface area (Å²) < 4.78 is 4.87. The Hall–Kier alpha value is -0.610. The maximum Gasteiger partial charge on any atom is 0.323 e. The number of hydrogen-bond donors (Lipinski definition) is 1. The highest BCUT2D eigenvalue weighted by molar-refractivity contribution is 5.76. The molecule has 2 unspecified atom stereocenters. The van der Waals surface area contributed by atoms with Crippen LogP contribution in [0.1, 0.15) is 19.3 Å².